The fraction of sp³-hybridized carbons (Fsp3) is 0.429. The zero-order chi connectivity index (χ0) is 18.8. The van der Waals surface area contributed by atoms with Gasteiger partial charge in [0.25, 0.3) is 0 Å². The molecule has 2 aromatic rings. The molecule has 1 fully saturated rings. The lowest BCUT2D eigenvalue weighted by Gasteiger charge is -2.32. The molecule has 4 nitrogen and oxygen atoms in total. The predicted molar refractivity (Wildman–Crippen MR) is 105 cm³/mol. The largest absolute Gasteiger partial charge is 0.363 e. The molecule has 0 aliphatic carbocycles. The summed E-state index contributed by atoms with van der Waals surface area (Å²) in [5.41, 5.74) is 4.24. The Kier molecular flexibility index (Phi) is 5.64. The van der Waals surface area contributed by atoms with Crippen molar-refractivity contribution in [2.24, 2.45) is 5.92 Å². The van der Waals surface area contributed by atoms with Crippen molar-refractivity contribution in [2.45, 2.75) is 40.2 Å². The van der Waals surface area contributed by atoms with Crippen LogP contribution >= 0.6 is 11.6 Å². The number of carbonyl (C=O) groups excluding carboxylic acids is 1. The van der Waals surface area contributed by atoms with E-state index in [-0.39, 0.29) is 17.1 Å². The number of hydrogen-bond donors (Lipinski definition) is 1. The monoisotopic (exact) mass is 372 g/mol. The van der Waals surface area contributed by atoms with Crippen molar-refractivity contribution in [3.05, 3.63) is 67.6 Å². The first-order chi connectivity index (χ1) is 12.4. The molecule has 1 atom stereocenters. The SMILES string of the molecule is Cc1cc(Cl)ccc1C(=O)C1CCCN(Cc2[nH]cc(C)c(=O)c2C)C1. The van der Waals surface area contributed by atoms with Crippen LogP contribution in [0.15, 0.2) is 29.2 Å². The molecule has 3 rings (SSSR count). The Hall–Kier alpha value is -1.91. The Labute approximate surface area is 159 Å². The van der Waals surface area contributed by atoms with E-state index in [9.17, 15) is 9.59 Å². The van der Waals surface area contributed by atoms with Crippen LogP contribution in [0, 0.1) is 26.7 Å². The van der Waals surface area contributed by atoms with Gasteiger partial charge in [0, 0.05) is 52.6 Å². The third kappa shape index (κ3) is 3.92. The standard InChI is InChI=1S/C21H25ClN2O2/c1-13-9-17(22)6-7-18(13)21(26)16-5-4-8-24(11-16)12-19-15(3)20(25)14(2)10-23-19/h6-7,9-10,16H,4-5,8,11-12H2,1-3H3,(H,23,25). The van der Waals surface area contributed by atoms with E-state index >= 15 is 0 Å². The number of Topliss-reactive ketones (excluding diaryl/α,β-unsaturated/α-hetero) is 1. The number of pyridine rings is 1. The molecule has 1 aromatic heterocycles. The van der Waals surface area contributed by atoms with Gasteiger partial charge in [-0.3, -0.25) is 14.5 Å². The highest BCUT2D eigenvalue weighted by atomic mass is 35.5. The molecule has 0 amide bonds. The average molecular weight is 373 g/mol. The van der Waals surface area contributed by atoms with Gasteiger partial charge in [0.2, 0.25) is 0 Å². The molecule has 138 valence electrons. The number of aromatic amines is 1. The van der Waals surface area contributed by atoms with Crippen LogP contribution in [0.2, 0.25) is 5.02 Å². The van der Waals surface area contributed by atoms with Crippen LogP contribution in [-0.2, 0) is 6.54 Å². The number of nitrogens with one attached hydrogen (secondary N) is 1. The second-order valence-corrected chi connectivity index (χ2v) is 7.74. The van der Waals surface area contributed by atoms with Gasteiger partial charge in [-0.25, -0.2) is 0 Å². The number of benzene rings is 1. The first-order valence-corrected chi connectivity index (χ1v) is 9.45. The van der Waals surface area contributed by atoms with Gasteiger partial charge in [-0.15, -0.1) is 0 Å². The molecular formula is C21H25ClN2O2. The smallest absolute Gasteiger partial charge is 0.187 e. The van der Waals surface area contributed by atoms with Crippen molar-refractivity contribution in [1.82, 2.24) is 9.88 Å². The van der Waals surface area contributed by atoms with E-state index in [0.29, 0.717) is 11.6 Å². The van der Waals surface area contributed by atoms with E-state index in [2.05, 4.69) is 9.88 Å². The number of likely N-dealkylation sites (tertiary alicyclic amines) is 1. The Bertz CT molecular complexity index is 888. The van der Waals surface area contributed by atoms with Gasteiger partial charge in [-0.1, -0.05) is 11.6 Å². The summed E-state index contributed by atoms with van der Waals surface area (Å²) in [6, 6.07) is 5.46. The normalized spacial score (nSPS) is 18.1. The number of H-pyrrole nitrogens is 1. The van der Waals surface area contributed by atoms with Gasteiger partial charge in [-0.05, 0) is 63.9 Å². The molecule has 1 saturated heterocycles. The maximum atomic E-state index is 13.0. The maximum Gasteiger partial charge on any atom is 0.187 e. The Morgan fingerprint density at radius 3 is 2.77 bits per heavy atom. The van der Waals surface area contributed by atoms with Crippen molar-refractivity contribution in [2.75, 3.05) is 13.1 Å². The number of aromatic nitrogens is 1. The van der Waals surface area contributed by atoms with E-state index < -0.39 is 0 Å². The number of piperidine rings is 1. The maximum absolute atomic E-state index is 13.0. The van der Waals surface area contributed by atoms with Crippen LogP contribution in [0.3, 0.4) is 0 Å². The van der Waals surface area contributed by atoms with Crippen molar-refractivity contribution < 1.29 is 4.79 Å². The molecule has 26 heavy (non-hydrogen) atoms. The molecule has 0 bridgehead atoms. The topological polar surface area (TPSA) is 53.2 Å². The molecular weight excluding hydrogens is 348 g/mol. The summed E-state index contributed by atoms with van der Waals surface area (Å²) < 4.78 is 0. The number of hydrogen-bond acceptors (Lipinski definition) is 3. The van der Waals surface area contributed by atoms with Crippen LogP contribution < -0.4 is 5.43 Å². The van der Waals surface area contributed by atoms with Crippen LogP contribution in [0.5, 0.6) is 0 Å². The Balaban J connectivity index is 1.74. The molecule has 1 aromatic carbocycles. The van der Waals surface area contributed by atoms with Crippen LogP contribution in [-0.4, -0.2) is 28.8 Å². The number of carbonyl (C=O) groups is 1. The van der Waals surface area contributed by atoms with Crippen LogP contribution in [0.25, 0.3) is 0 Å². The number of ketones is 1. The van der Waals surface area contributed by atoms with Crippen molar-refractivity contribution in [1.29, 1.82) is 0 Å². The zero-order valence-electron chi connectivity index (χ0n) is 15.6. The van der Waals surface area contributed by atoms with Gasteiger partial charge >= 0.3 is 0 Å². The van der Waals surface area contributed by atoms with Gasteiger partial charge in [0.05, 0.1) is 0 Å². The molecule has 1 aliphatic rings. The van der Waals surface area contributed by atoms with E-state index in [4.69, 9.17) is 11.6 Å². The minimum absolute atomic E-state index is 0.0129. The summed E-state index contributed by atoms with van der Waals surface area (Å²) in [5.74, 6) is 0.180. The van der Waals surface area contributed by atoms with Crippen molar-refractivity contribution in [3.8, 4) is 0 Å². The lowest BCUT2D eigenvalue weighted by Crippen LogP contribution is -2.39. The summed E-state index contributed by atoms with van der Waals surface area (Å²) in [5, 5.41) is 0.656. The summed E-state index contributed by atoms with van der Waals surface area (Å²) in [6.07, 6.45) is 3.66. The first kappa shape index (κ1) is 18.9. The average Bonchev–Trinajstić information content (AvgIpc) is 2.62. The molecule has 1 N–H and O–H groups in total. The highest BCUT2D eigenvalue weighted by Crippen LogP contribution is 2.25. The lowest BCUT2D eigenvalue weighted by molar-refractivity contribution is 0.0809. The van der Waals surface area contributed by atoms with E-state index in [1.807, 2.05) is 32.9 Å². The Morgan fingerprint density at radius 2 is 2.04 bits per heavy atom. The molecule has 5 heteroatoms. The summed E-state index contributed by atoms with van der Waals surface area (Å²) >= 11 is 6.01. The molecule has 1 aliphatic heterocycles. The minimum atomic E-state index is -0.0129. The molecule has 2 heterocycles. The number of nitrogens with zero attached hydrogens (tertiary/aromatic N) is 1. The quantitative estimate of drug-likeness (QED) is 0.824. The lowest BCUT2D eigenvalue weighted by atomic mass is 9.88. The van der Waals surface area contributed by atoms with E-state index in [1.165, 1.54) is 0 Å². The number of aryl methyl sites for hydroxylation is 2. The second-order valence-electron chi connectivity index (χ2n) is 7.30. The number of halogens is 1. The Morgan fingerprint density at radius 1 is 1.27 bits per heavy atom. The van der Waals surface area contributed by atoms with Gasteiger partial charge in [0.1, 0.15) is 0 Å². The van der Waals surface area contributed by atoms with Gasteiger partial charge in [-0.2, -0.15) is 0 Å². The summed E-state index contributed by atoms with van der Waals surface area (Å²) in [7, 11) is 0. The minimum Gasteiger partial charge on any atom is -0.363 e. The fourth-order valence-corrected chi connectivity index (χ4v) is 3.95. The van der Waals surface area contributed by atoms with E-state index in [0.717, 1.165) is 53.9 Å². The third-order valence-electron chi connectivity index (χ3n) is 5.33. The van der Waals surface area contributed by atoms with Crippen molar-refractivity contribution in [3.63, 3.8) is 0 Å². The van der Waals surface area contributed by atoms with Gasteiger partial charge < -0.3 is 4.98 Å². The zero-order valence-corrected chi connectivity index (χ0v) is 16.3. The third-order valence-corrected chi connectivity index (χ3v) is 5.56. The van der Waals surface area contributed by atoms with Crippen molar-refractivity contribution >= 4 is 17.4 Å². The predicted octanol–water partition coefficient (Wildman–Crippen LogP) is 4.05. The number of rotatable bonds is 4. The molecule has 0 saturated carbocycles. The van der Waals surface area contributed by atoms with Crippen LogP contribution in [0.4, 0.5) is 0 Å². The first-order valence-electron chi connectivity index (χ1n) is 9.07. The highest BCUT2D eigenvalue weighted by Gasteiger charge is 2.27. The fourth-order valence-electron chi connectivity index (χ4n) is 3.73. The van der Waals surface area contributed by atoms with Gasteiger partial charge in [0.15, 0.2) is 11.2 Å². The highest BCUT2D eigenvalue weighted by molar-refractivity contribution is 6.30. The summed E-state index contributed by atoms with van der Waals surface area (Å²) in [6.45, 7) is 7.95. The van der Waals surface area contributed by atoms with E-state index in [1.54, 1.807) is 12.3 Å². The molecule has 1 unspecified atom stereocenters. The second kappa shape index (κ2) is 7.77. The molecule has 0 spiro atoms. The summed E-state index contributed by atoms with van der Waals surface area (Å²) in [4.78, 5) is 30.6. The van der Waals surface area contributed by atoms with Crippen LogP contribution in [0.1, 0.15) is 45.6 Å². The molecule has 0 radical (unpaired) electrons.